The molecule has 0 radical (unpaired) electrons. The molecule has 0 rings (SSSR count). The van der Waals surface area contributed by atoms with Gasteiger partial charge in [-0.25, -0.2) is 0 Å². The van der Waals surface area contributed by atoms with Crippen LogP contribution in [0, 0.1) is 16.9 Å². The van der Waals surface area contributed by atoms with Gasteiger partial charge in [0.15, 0.2) is 0 Å². The molecule has 1 atom stereocenters. The summed E-state index contributed by atoms with van der Waals surface area (Å²) < 4.78 is 5.47. The molecule has 0 fully saturated rings. The fourth-order valence-electron chi connectivity index (χ4n) is 3.48. The number of aliphatic hydroxyl groups excluding tert-OH is 1. The Bertz CT molecular complexity index is 668. The molecule has 3 nitrogen and oxygen atoms in total. The molecule has 1 N–H and O–H groups in total. The molecule has 0 aliphatic heterocycles. The van der Waals surface area contributed by atoms with Gasteiger partial charge in [0.25, 0.3) is 0 Å². The molecule has 0 aliphatic rings. The average molecular weight is 505 g/mol. The van der Waals surface area contributed by atoms with Crippen molar-refractivity contribution in [2.45, 2.75) is 143 Å². The number of unbranched alkanes of at least 4 members (excludes halogenated alkanes) is 12. The Morgan fingerprint density at radius 1 is 0.857 bits per heavy atom. The number of aliphatic hydroxyl groups is 1. The molecule has 0 heterocycles. The lowest BCUT2D eigenvalue weighted by molar-refractivity contribution is -0.152. The van der Waals surface area contributed by atoms with Crippen molar-refractivity contribution in [2.24, 2.45) is 5.41 Å². The third kappa shape index (κ3) is 21.7. The fraction of sp³-hybridized carbons (Fsp3) is 0.774. The van der Waals surface area contributed by atoms with Gasteiger partial charge in [0.1, 0.15) is 20.8 Å². The molecule has 0 aromatic heterocycles. The summed E-state index contributed by atoms with van der Waals surface area (Å²) >= 11 is 0. The van der Waals surface area contributed by atoms with Crippen LogP contribution in [0.1, 0.15) is 118 Å². The monoisotopic (exact) mass is 504 g/mol. The highest BCUT2D eigenvalue weighted by atomic mass is 28.3. The number of allylic oxidation sites excluding steroid dienone is 3. The minimum atomic E-state index is -1.58. The van der Waals surface area contributed by atoms with Crippen molar-refractivity contribution in [3.05, 3.63) is 23.8 Å². The van der Waals surface area contributed by atoms with Crippen LogP contribution in [0.4, 0.5) is 0 Å². The fourth-order valence-corrected chi connectivity index (χ4v) is 4.05. The molecular formula is C31H56O3Si. The normalized spacial score (nSPS) is 13.5. The maximum absolute atomic E-state index is 12.2. The van der Waals surface area contributed by atoms with Gasteiger partial charge in [0, 0.05) is 5.57 Å². The van der Waals surface area contributed by atoms with E-state index >= 15 is 0 Å². The van der Waals surface area contributed by atoms with Crippen LogP contribution in [0.25, 0.3) is 0 Å². The minimum absolute atomic E-state index is 0.117. The largest absolute Gasteiger partial charge is 0.461 e. The number of esters is 1. The van der Waals surface area contributed by atoms with Gasteiger partial charge in [0.2, 0.25) is 0 Å². The Labute approximate surface area is 219 Å². The molecule has 0 unspecified atom stereocenters. The van der Waals surface area contributed by atoms with Gasteiger partial charge in [-0.2, -0.15) is 0 Å². The van der Waals surface area contributed by atoms with Gasteiger partial charge >= 0.3 is 5.97 Å². The summed E-state index contributed by atoms with van der Waals surface area (Å²) in [7, 11) is -1.58. The highest BCUT2D eigenvalue weighted by Gasteiger charge is 2.24. The molecule has 0 amide bonds. The molecule has 0 bridgehead atoms. The van der Waals surface area contributed by atoms with Crippen LogP contribution in [-0.2, 0) is 9.53 Å². The van der Waals surface area contributed by atoms with E-state index in [9.17, 15) is 9.90 Å². The Hall–Kier alpha value is -1.31. The van der Waals surface area contributed by atoms with Crippen LogP contribution in [0.3, 0.4) is 0 Å². The zero-order valence-electron chi connectivity index (χ0n) is 24.2. The zero-order valence-corrected chi connectivity index (χ0v) is 25.2. The van der Waals surface area contributed by atoms with Gasteiger partial charge in [-0.1, -0.05) is 109 Å². The number of carbonyl (C=O) groups excluding carboxylic acids is 1. The van der Waals surface area contributed by atoms with Crippen molar-refractivity contribution in [1.29, 1.82) is 0 Å². The van der Waals surface area contributed by atoms with Crippen molar-refractivity contribution in [3.8, 4) is 11.5 Å². The number of hydrogen-bond donors (Lipinski definition) is 1. The molecule has 0 spiro atoms. The quantitative estimate of drug-likeness (QED) is 0.0667. The second-order valence-corrected chi connectivity index (χ2v) is 16.7. The molecule has 4 heteroatoms. The first-order chi connectivity index (χ1) is 16.5. The molecule has 0 saturated heterocycles. The molecule has 35 heavy (non-hydrogen) atoms. The third-order valence-electron chi connectivity index (χ3n) is 5.79. The Morgan fingerprint density at radius 2 is 1.34 bits per heavy atom. The first kappa shape index (κ1) is 33.7. The van der Waals surface area contributed by atoms with E-state index in [1.807, 2.05) is 26.8 Å². The first-order valence-electron chi connectivity index (χ1n) is 14.2. The Balaban J connectivity index is 4.20. The molecule has 0 aromatic carbocycles. The van der Waals surface area contributed by atoms with E-state index < -0.39 is 19.6 Å². The van der Waals surface area contributed by atoms with E-state index in [4.69, 9.17) is 4.74 Å². The van der Waals surface area contributed by atoms with Crippen LogP contribution in [0.15, 0.2) is 23.8 Å². The minimum Gasteiger partial charge on any atom is -0.461 e. The molecule has 0 aromatic rings. The summed E-state index contributed by atoms with van der Waals surface area (Å²) in [5.74, 6) is 2.74. The lowest BCUT2D eigenvalue weighted by atomic mass is 9.97. The summed E-state index contributed by atoms with van der Waals surface area (Å²) in [5, 5.41) is 10.6. The summed E-state index contributed by atoms with van der Waals surface area (Å²) in [6.45, 7) is 14.3. The lowest BCUT2D eigenvalue weighted by Crippen LogP contribution is -2.26. The maximum Gasteiger partial charge on any atom is 0.311 e. The van der Waals surface area contributed by atoms with Gasteiger partial charge in [-0.3, -0.25) is 4.79 Å². The third-order valence-corrected chi connectivity index (χ3v) is 6.68. The molecule has 0 saturated carbocycles. The molecular weight excluding hydrogens is 448 g/mol. The van der Waals surface area contributed by atoms with Gasteiger partial charge < -0.3 is 9.84 Å². The van der Waals surface area contributed by atoms with Crippen molar-refractivity contribution < 1.29 is 14.6 Å². The van der Waals surface area contributed by atoms with Crippen molar-refractivity contribution in [2.75, 3.05) is 6.61 Å². The summed E-state index contributed by atoms with van der Waals surface area (Å²) in [5.41, 5.74) is 3.40. The van der Waals surface area contributed by atoms with Gasteiger partial charge in [0.05, 0.1) is 5.41 Å². The Morgan fingerprint density at radius 3 is 1.83 bits per heavy atom. The standard InChI is InChI=1S/C31H56O3Si/c1-8-9-10-11-12-13-14-15-16-17-18-19-20-21-22-23-24-28(27-34-30(33)31(2,3)4)29(32)25-26-35(5,6)7/h11-12,24,29,32H,8-10,13-23,27H2,1-7H3/b12-11-,28-24-/t29-/m0/s1. The highest BCUT2D eigenvalue weighted by molar-refractivity contribution is 6.83. The smallest absolute Gasteiger partial charge is 0.311 e. The number of ether oxygens (including phenoxy) is 1. The second kappa shape index (κ2) is 19.8. The van der Waals surface area contributed by atoms with Crippen molar-refractivity contribution in [1.82, 2.24) is 0 Å². The SMILES string of the molecule is CCCC/C=C\CCCCCCCCCCC/C=C(/COC(=O)C(C)(C)C)[C@@H](O)C#C[Si](C)(C)C. The first-order valence-corrected chi connectivity index (χ1v) is 17.7. The van der Waals surface area contributed by atoms with Crippen LogP contribution in [-0.4, -0.2) is 31.9 Å². The van der Waals surface area contributed by atoms with Gasteiger partial charge in [-0.05, 0) is 52.9 Å². The number of rotatable bonds is 18. The lowest BCUT2D eigenvalue weighted by Gasteiger charge is -2.18. The van der Waals surface area contributed by atoms with Gasteiger partial charge in [-0.15, -0.1) is 5.54 Å². The number of hydrogen-bond acceptors (Lipinski definition) is 3. The summed E-state index contributed by atoms with van der Waals surface area (Å²) in [6.07, 6.45) is 23.5. The average Bonchev–Trinajstić information content (AvgIpc) is 2.77. The predicted molar refractivity (Wildman–Crippen MR) is 155 cm³/mol. The van der Waals surface area contributed by atoms with Crippen LogP contribution in [0.2, 0.25) is 19.6 Å². The van der Waals surface area contributed by atoms with Crippen molar-refractivity contribution >= 4 is 14.0 Å². The van der Waals surface area contributed by atoms with E-state index in [2.05, 4.69) is 50.2 Å². The number of carbonyl (C=O) groups is 1. The zero-order chi connectivity index (χ0) is 26.6. The Kier molecular flexibility index (Phi) is 19.1. The topological polar surface area (TPSA) is 46.5 Å². The van der Waals surface area contributed by atoms with E-state index in [1.54, 1.807) is 0 Å². The van der Waals surface area contributed by atoms with Crippen LogP contribution < -0.4 is 0 Å². The van der Waals surface area contributed by atoms with Crippen molar-refractivity contribution in [3.63, 3.8) is 0 Å². The summed E-state index contributed by atoms with van der Waals surface area (Å²) in [4.78, 5) is 12.2. The van der Waals surface area contributed by atoms with E-state index in [-0.39, 0.29) is 12.6 Å². The van der Waals surface area contributed by atoms with E-state index in [1.165, 1.54) is 77.0 Å². The second-order valence-electron chi connectivity index (χ2n) is 11.9. The van der Waals surface area contributed by atoms with Crippen LogP contribution in [0.5, 0.6) is 0 Å². The molecule has 202 valence electrons. The predicted octanol–water partition coefficient (Wildman–Crippen LogP) is 8.78. The van der Waals surface area contributed by atoms with Crippen LogP contribution >= 0.6 is 0 Å². The maximum atomic E-state index is 12.2. The van der Waals surface area contributed by atoms with E-state index in [0.717, 1.165) is 12.8 Å². The molecule has 0 aliphatic carbocycles. The highest BCUT2D eigenvalue weighted by Crippen LogP contribution is 2.17. The van der Waals surface area contributed by atoms with E-state index in [0.29, 0.717) is 5.57 Å². The summed E-state index contributed by atoms with van der Waals surface area (Å²) in [6, 6.07) is 0.